The summed E-state index contributed by atoms with van der Waals surface area (Å²) in [5, 5.41) is 0. The van der Waals surface area contributed by atoms with E-state index in [1.807, 2.05) is 0 Å². The van der Waals surface area contributed by atoms with E-state index in [0.29, 0.717) is 13.1 Å². The predicted octanol–water partition coefficient (Wildman–Crippen LogP) is 2.18. The van der Waals surface area contributed by atoms with Crippen molar-refractivity contribution >= 4 is 8.80 Å². The van der Waals surface area contributed by atoms with Crippen LogP contribution in [0.15, 0.2) is 0 Å². The first kappa shape index (κ1) is 20.0. The fourth-order valence-corrected chi connectivity index (χ4v) is 3.92. The van der Waals surface area contributed by atoms with Gasteiger partial charge in [-0.25, -0.2) is 13.1 Å². The first-order valence-electron chi connectivity index (χ1n) is 7.22. The number of hydrogen-bond donors (Lipinski definition) is 0. The SMILES string of the molecule is [C-]#[N+]CCN(CCCCC[Si](OC)(OC)OC)CC[N+]#[C-]. The highest BCUT2D eigenvalue weighted by molar-refractivity contribution is 6.60. The molecule has 0 aliphatic carbocycles. The van der Waals surface area contributed by atoms with E-state index in [1.165, 1.54) is 0 Å². The molecule has 0 aromatic carbocycles. The molecule has 0 aliphatic rings. The van der Waals surface area contributed by atoms with Gasteiger partial charge in [-0.05, 0) is 19.4 Å². The van der Waals surface area contributed by atoms with Gasteiger partial charge in [0.25, 0.3) is 0 Å². The van der Waals surface area contributed by atoms with Crippen LogP contribution in [0.5, 0.6) is 0 Å². The Morgan fingerprint density at radius 3 is 1.76 bits per heavy atom. The van der Waals surface area contributed by atoms with Crippen LogP contribution in [-0.2, 0) is 13.3 Å². The maximum Gasteiger partial charge on any atom is 0.500 e. The molecule has 0 amide bonds. The number of rotatable bonds is 13. The molecule has 0 N–H and O–H groups in total. The molecule has 0 unspecified atom stereocenters. The van der Waals surface area contributed by atoms with Crippen molar-refractivity contribution in [1.29, 1.82) is 0 Å². The Balaban J connectivity index is 3.93. The van der Waals surface area contributed by atoms with Gasteiger partial charge in [-0.15, -0.1) is 0 Å². The molecule has 0 aliphatic heterocycles. The van der Waals surface area contributed by atoms with E-state index in [2.05, 4.69) is 14.6 Å². The largest absolute Gasteiger partial charge is 0.500 e. The molecule has 0 saturated carbocycles. The Morgan fingerprint density at radius 1 is 0.810 bits per heavy atom. The number of hydrogen-bond acceptors (Lipinski definition) is 4. The van der Waals surface area contributed by atoms with Crippen molar-refractivity contribution in [3.8, 4) is 0 Å². The Bertz CT molecular complexity index is 311. The molecule has 0 saturated heterocycles. The number of nitrogens with zero attached hydrogens (tertiary/aromatic N) is 3. The lowest BCUT2D eigenvalue weighted by atomic mass is 10.2. The number of unbranched alkanes of at least 4 members (excludes halogenated alkanes) is 2. The van der Waals surface area contributed by atoms with Crippen LogP contribution in [0.25, 0.3) is 9.69 Å². The van der Waals surface area contributed by atoms with Gasteiger partial charge in [0.1, 0.15) is 0 Å². The highest BCUT2D eigenvalue weighted by atomic mass is 28.4. The summed E-state index contributed by atoms with van der Waals surface area (Å²) in [5.41, 5.74) is 0. The molecule has 0 aromatic heterocycles. The van der Waals surface area contributed by atoms with E-state index in [1.54, 1.807) is 21.3 Å². The molecule has 0 atom stereocenters. The summed E-state index contributed by atoms with van der Waals surface area (Å²) in [6.07, 6.45) is 3.12. The van der Waals surface area contributed by atoms with Gasteiger partial charge in [0.2, 0.25) is 13.1 Å². The molecule has 21 heavy (non-hydrogen) atoms. The molecule has 0 rings (SSSR count). The standard InChI is InChI=1S/C14H27N3O3Si/c1-15-9-12-17(13-10-16-2)11-7-6-8-14-21(18-3,19-4)20-5/h6-14H2,3-5H3. The highest BCUT2D eigenvalue weighted by Crippen LogP contribution is 2.17. The lowest BCUT2D eigenvalue weighted by molar-refractivity contribution is 0.122. The van der Waals surface area contributed by atoms with E-state index in [4.69, 9.17) is 26.4 Å². The quantitative estimate of drug-likeness (QED) is 0.297. The van der Waals surface area contributed by atoms with Crippen molar-refractivity contribution in [2.24, 2.45) is 0 Å². The lowest BCUT2D eigenvalue weighted by Crippen LogP contribution is -2.42. The summed E-state index contributed by atoms with van der Waals surface area (Å²) in [6.45, 7) is 17.2. The minimum atomic E-state index is -2.43. The molecule has 0 heterocycles. The smallest absolute Gasteiger partial charge is 0.377 e. The maximum absolute atomic E-state index is 6.85. The molecule has 0 spiro atoms. The second-order valence-electron chi connectivity index (χ2n) is 4.71. The van der Waals surface area contributed by atoms with Crippen molar-refractivity contribution in [2.45, 2.75) is 25.3 Å². The van der Waals surface area contributed by atoms with Crippen LogP contribution in [0.1, 0.15) is 19.3 Å². The molecular weight excluding hydrogens is 286 g/mol. The fourth-order valence-electron chi connectivity index (χ4n) is 2.13. The van der Waals surface area contributed by atoms with Crippen LogP contribution in [-0.4, -0.2) is 67.8 Å². The van der Waals surface area contributed by atoms with Gasteiger partial charge < -0.3 is 23.0 Å². The minimum Gasteiger partial charge on any atom is -0.377 e. The molecule has 0 radical (unpaired) electrons. The zero-order chi connectivity index (χ0) is 16.0. The van der Waals surface area contributed by atoms with Gasteiger partial charge >= 0.3 is 8.80 Å². The van der Waals surface area contributed by atoms with Crippen molar-refractivity contribution in [3.05, 3.63) is 22.8 Å². The predicted molar refractivity (Wildman–Crippen MR) is 84.8 cm³/mol. The summed E-state index contributed by atoms with van der Waals surface area (Å²) >= 11 is 0. The van der Waals surface area contributed by atoms with Crippen LogP contribution >= 0.6 is 0 Å². The minimum absolute atomic E-state index is 0.505. The third-order valence-corrected chi connectivity index (χ3v) is 6.28. The molecule has 120 valence electrons. The molecule has 6 nitrogen and oxygen atoms in total. The molecular formula is C14H27N3O3Si. The van der Waals surface area contributed by atoms with E-state index in [-0.39, 0.29) is 0 Å². The Hall–Kier alpha value is -0.963. The third-order valence-electron chi connectivity index (χ3n) is 3.45. The zero-order valence-corrected chi connectivity index (χ0v) is 14.4. The van der Waals surface area contributed by atoms with E-state index in [0.717, 1.165) is 44.9 Å². The maximum atomic E-state index is 6.85. The van der Waals surface area contributed by atoms with Gasteiger partial charge in [-0.2, -0.15) is 0 Å². The van der Waals surface area contributed by atoms with Crippen molar-refractivity contribution < 1.29 is 13.3 Å². The van der Waals surface area contributed by atoms with E-state index in [9.17, 15) is 0 Å². The van der Waals surface area contributed by atoms with Crippen molar-refractivity contribution in [2.75, 3.05) is 54.1 Å². The summed E-state index contributed by atoms with van der Waals surface area (Å²) in [6, 6.07) is 0.820. The highest BCUT2D eigenvalue weighted by Gasteiger charge is 2.36. The van der Waals surface area contributed by atoms with Crippen molar-refractivity contribution in [1.82, 2.24) is 4.90 Å². The fraction of sp³-hybridized carbons (Fsp3) is 0.857. The van der Waals surface area contributed by atoms with Crippen LogP contribution in [0.3, 0.4) is 0 Å². The first-order valence-corrected chi connectivity index (χ1v) is 9.15. The normalized spacial score (nSPS) is 11.3. The van der Waals surface area contributed by atoms with Crippen LogP contribution in [0.4, 0.5) is 0 Å². The lowest BCUT2D eigenvalue weighted by Gasteiger charge is -2.24. The molecule has 0 fully saturated rings. The van der Waals surface area contributed by atoms with Crippen LogP contribution < -0.4 is 0 Å². The van der Waals surface area contributed by atoms with Crippen LogP contribution in [0, 0.1) is 13.1 Å². The van der Waals surface area contributed by atoms with Gasteiger partial charge in [-0.3, -0.25) is 4.90 Å². The van der Waals surface area contributed by atoms with Crippen LogP contribution in [0.2, 0.25) is 6.04 Å². The van der Waals surface area contributed by atoms with Gasteiger partial charge in [-0.1, -0.05) is 6.42 Å². The Kier molecular flexibility index (Phi) is 12.2. The average Bonchev–Trinajstić information content (AvgIpc) is 2.53. The molecule has 7 heteroatoms. The average molecular weight is 313 g/mol. The van der Waals surface area contributed by atoms with Gasteiger partial charge in [0, 0.05) is 27.4 Å². The Labute approximate surface area is 130 Å². The summed E-state index contributed by atoms with van der Waals surface area (Å²) in [5.74, 6) is 0. The van der Waals surface area contributed by atoms with E-state index < -0.39 is 8.80 Å². The summed E-state index contributed by atoms with van der Waals surface area (Å²) < 4.78 is 16.2. The van der Waals surface area contributed by atoms with Crippen molar-refractivity contribution in [3.63, 3.8) is 0 Å². The Morgan fingerprint density at radius 2 is 1.33 bits per heavy atom. The van der Waals surface area contributed by atoms with E-state index >= 15 is 0 Å². The van der Waals surface area contributed by atoms with Gasteiger partial charge in [0.05, 0.1) is 13.1 Å². The summed E-state index contributed by atoms with van der Waals surface area (Å²) in [7, 11) is 2.47. The van der Waals surface area contributed by atoms with Gasteiger partial charge in [0.15, 0.2) is 0 Å². The monoisotopic (exact) mass is 313 g/mol. The second-order valence-corrected chi connectivity index (χ2v) is 7.80. The second kappa shape index (κ2) is 12.8. The first-order chi connectivity index (χ1) is 10.2. The third kappa shape index (κ3) is 8.81. The molecule has 0 aromatic rings. The molecule has 0 bridgehead atoms. The summed E-state index contributed by atoms with van der Waals surface area (Å²) in [4.78, 5) is 8.96. The zero-order valence-electron chi connectivity index (χ0n) is 13.4. The topological polar surface area (TPSA) is 39.7 Å².